The first-order valence-corrected chi connectivity index (χ1v) is 10.7. The third-order valence-electron chi connectivity index (χ3n) is 4.06. The van der Waals surface area contributed by atoms with Gasteiger partial charge in [0.2, 0.25) is 0 Å². The maximum atomic E-state index is 13.0. The highest BCUT2D eigenvalue weighted by Gasteiger charge is 2.14. The van der Waals surface area contributed by atoms with Gasteiger partial charge in [-0.2, -0.15) is 5.26 Å². The first kappa shape index (κ1) is 22.4. The number of thiazole rings is 1. The first-order valence-electron chi connectivity index (χ1n) is 9.14. The van der Waals surface area contributed by atoms with Crippen LogP contribution in [0.1, 0.15) is 16.0 Å². The van der Waals surface area contributed by atoms with Crippen LogP contribution >= 0.6 is 27.3 Å². The van der Waals surface area contributed by atoms with Gasteiger partial charge in [-0.15, -0.1) is 11.3 Å². The minimum Gasteiger partial charge on any atom is -0.489 e. The second kappa shape index (κ2) is 10.7. The van der Waals surface area contributed by atoms with Gasteiger partial charge in [0, 0.05) is 27.5 Å². The number of aromatic nitrogens is 1. The van der Waals surface area contributed by atoms with Crippen LogP contribution in [-0.4, -0.2) is 17.5 Å². The molecule has 0 spiro atoms. The van der Waals surface area contributed by atoms with Crippen LogP contribution in [0.3, 0.4) is 0 Å². The number of halogens is 2. The molecule has 0 aliphatic rings. The maximum Gasteiger partial charge on any atom is 0.268 e. The van der Waals surface area contributed by atoms with Gasteiger partial charge >= 0.3 is 0 Å². The molecule has 0 saturated heterocycles. The molecule has 5 nitrogen and oxygen atoms in total. The molecule has 0 saturated carbocycles. The Balaban J connectivity index is 1.74. The number of carbonyl (C=O) groups is 1. The SMILES string of the molecule is C=CCOc1ccc(Br)cc1C=C(C#N)C(=O)Nc1ncc(Cc2ccc(F)cc2)s1. The van der Waals surface area contributed by atoms with Crippen LogP contribution in [-0.2, 0) is 11.2 Å². The standard InChI is InChI=1S/C23H17BrFN3O2S/c1-2-9-30-21-8-5-18(24)12-16(21)11-17(13-26)22(29)28-23-27-14-20(31-23)10-15-3-6-19(25)7-4-15/h2-8,11-12,14H,1,9-10H2,(H,27,28,29). The lowest BCUT2D eigenvalue weighted by molar-refractivity contribution is -0.112. The molecule has 2 aromatic carbocycles. The molecule has 0 unspecified atom stereocenters. The third-order valence-corrected chi connectivity index (χ3v) is 5.47. The van der Waals surface area contributed by atoms with Crippen molar-refractivity contribution in [3.63, 3.8) is 0 Å². The number of hydrogen-bond donors (Lipinski definition) is 1. The molecule has 0 aliphatic carbocycles. The number of rotatable bonds is 8. The number of nitriles is 1. The molecule has 1 N–H and O–H groups in total. The molecule has 1 aromatic heterocycles. The predicted octanol–water partition coefficient (Wildman–Crippen LogP) is 5.75. The van der Waals surface area contributed by atoms with Crippen molar-refractivity contribution >= 4 is 44.4 Å². The molecule has 1 heterocycles. The highest BCUT2D eigenvalue weighted by atomic mass is 79.9. The Morgan fingerprint density at radius 1 is 1.32 bits per heavy atom. The number of carbonyl (C=O) groups excluding carboxylic acids is 1. The molecule has 0 fully saturated rings. The Morgan fingerprint density at radius 2 is 2.10 bits per heavy atom. The molecule has 31 heavy (non-hydrogen) atoms. The van der Waals surface area contributed by atoms with E-state index in [9.17, 15) is 14.4 Å². The molecule has 156 valence electrons. The summed E-state index contributed by atoms with van der Waals surface area (Å²) in [6, 6.07) is 13.4. The van der Waals surface area contributed by atoms with Crippen LogP contribution in [0.25, 0.3) is 6.08 Å². The Morgan fingerprint density at radius 3 is 2.81 bits per heavy atom. The number of nitrogens with one attached hydrogen (secondary N) is 1. The van der Waals surface area contributed by atoms with Crippen LogP contribution in [0, 0.1) is 17.1 Å². The lowest BCUT2D eigenvalue weighted by Crippen LogP contribution is -2.13. The van der Waals surface area contributed by atoms with Crippen molar-refractivity contribution in [1.29, 1.82) is 5.26 Å². The predicted molar refractivity (Wildman–Crippen MR) is 123 cm³/mol. The fraction of sp³-hybridized carbons (Fsp3) is 0.0870. The molecule has 3 rings (SSSR count). The lowest BCUT2D eigenvalue weighted by atomic mass is 10.1. The average molecular weight is 498 g/mol. The number of benzene rings is 2. The van der Waals surface area contributed by atoms with Crippen molar-refractivity contribution < 1.29 is 13.9 Å². The van der Waals surface area contributed by atoms with Crippen molar-refractivity contribution in [3.8, 4) is 11.8 Å². The van der Waals surface area contributed by atoms with Crippen LogP contribution in [0.2, 0.25) is 0 Å². The zero-order valence-electron chi connectivity index (χ0n) is 16.3. The normalized spacial score (nSPS) is 10.9. The van der Waals surface area contributed by atoms with Crippen LogP contribution in [0.15, 0.2) is 71.4 Å². The second-order valence-electron chi connectivity index (χ2n) is 6.34. The summed E-state index contributed by atoms with van der Waals surface area (Å²) in [7, 11) is 0. The summed E-state index contributed by atoms with van der Waals surface area (Å²) in [5.74, 6) is -0.334. The van der Waals surface area contributed by atoms with Crippen LogP contribution in [0.4, 0.5) is 9.52 Å². The van der Waals surface area contributed by atoms with Crippen molar-refractivity contribution in [2.24, 2.45) is 0 Å². The van der Waals surface area contributed by atoms with E-state index < -0.39 is 5.91 Å². The monoisotopic (exact) mass is 497 g/mol. The Kier molecular flexibility index (Phi) is 7.70. The van der Waals surface area contributed by atoms with E-state index in [1.165, 1.54) is 29.5 Å². The van der Waals surface area contributed by atoms with Gasteiger partial charge in [-0.25, -0.2) is 9.37 Å². The molecule has 0 radical (unpaired) electrons. The fourth-order valence-corrected chi connectivity index (χ4v) is 3.85. The highest BCUT2D eigenvalue weighted by Crippen LogP contribution is 2.27. The van der Waals surface area contributed by atoms with Gasteiger partial charge in [0.05, 0.1) is 0 Å². The Hall–Kier alpha value is -3.28. The van der Waals surface area contributed by atoms with Gasteiger partial charge in [-0.3, -0.25) is 10.1 Å². The quantitative estimate of drug-likeness (QED) is 0.244. The largest absolute Gasteiger partial charge is 0.489 e. The zero-order chi connectivity index (χ0) is 22.2. The van der Waals surface area contributed by atoms with Gasteiger partial charge in [0.15, 0.2) is 5.13 Å². The van der Waals surface area contributed by atoms with Gasteiger partial charge < -0.3 is 4.74 Å². The maximum absolute atomic E-state index is 13.0. The molecule has 0 aliphatic heterocycles. The van der Waals surface area contributed by atoms with Crippen LogP contribution < -0.4 is 10.1 Å². The van der Waals surface area contributed by atoms with Crippen molar-refractivity contribution in [2.45, 2.75) is 6.42 Å². The van der Waals surface area contributed by atoms with E-state index in [1.807, 2.05) is 6.07 Å². The second-order valence-corrected chi connectivity index (χ2v) is 8.37. The van der Waals surface area contributed by atoms with E-state index in [2.05, 4.69) is 32.8 Å². The third kappa shape index (κ3) is 6.35. The van der Waals surface area contributed by atoms with Crippen molar-refractivity contribution in [3.05, 3.63) is 93.2 Å². The van der Waals surface area contributed by atoms with E-state index in [0.717, 1.165) is 14.9 Å². The van der Waals surface area contributed by atoms with E-state index in [-0.39, 0.29) is 11.4 Å². The summed E-state index contributed by atoms with van der Waals surface area (Å²) in [5, 5.41) is 12.5. The van der Waals surface area contributed by atoms with Gasteiger partial charge in [-0.1, -0.05) is 40.7 Å². The summed E-state index contributed by atoms with van der Waals surface area (Å²) in [6.45, 7) is 3.92. The highest BCUT2D eigenvalue weighted by molar-refractivity contribution is 9.10. The van der Waals surface area contributed by atoms with Crippen molar-refractivity contribution in [2.75, 3.05) is 11.9 Å². The van der Waals surface area contributed by atoms with E-state index >= 15 is 0 Å². The van der Waals surface area contributed by atoms with E-state index in [4.69, 9.17) is 4.74 Å². The number of nitrogens with zero attached hydrogens (tertiary/aromatic N) is 2. The molecule has 1 amide bonds. The van der Waals surface area contributed by atoms with Gasteiger partial charge in [-0.05, 0) is 42.0 Å². The smallest absolute Gasteiger partial charge is 0.268 e. The average Bonchev–Trinajstić information content (AvgIpc) is 3.19. The van der Waals surface area contributed by atoms with Crippen molar-refractivity contribution in [1.82, 2.24) is 4.98 Å². The lowest BCUT2D eigenvalue weighted by Gasteiger charge is -2.08. The molecular formula is C23H17BrFN3O2S. The molecule has 3 aromatic rings. The minimum absolute atomic E-state index is 0.0863. The first-order chi connectivity index (χ1) is 15.0. The van der Waals surface area contributed by atoms with Crippen LogP contribution in [0.5, 0.6) is 5.75 Å². The number of hydrogen-bond acceptors (Lipinski definition) is 5. The molecular weight excluding hydrogens is 481 g/mol. The summed E-state index contributed by atoms with van der Waals surface area (Å²) >= 11 is 4.68. The number of ether oxygens (including phenoxy) is 1. The number of anilines is 1. The summed E-state index contributed by atoms with van der Waals surface area (Å²) in [4.78, 5) is 17.7. The number of amides is 1. The Bertz CT molecular complexity index is 1170. The van der Waals surface area contributed by atoms with Gasteiger partial charge in [0.1, 0.15) is 29.8 Å². The summed E-state index contributed by atoms with van der Waals surface area (Å²) in [5.41, 5.74) is 1.43. The zero-order valence-corrected chi connectivity index (χ0v) is 18.7. The van der Waals surface area contributed by atoms with E-state index in [0.29, 0.717) is 29.5 Å². The Labute approximate surface area is 191 Å². The van der Waals surface area contributed by atoms with Gasteiger partial charge in [0.25, 0.3) is 5.91 Å². The molecule has 0 bridgehead atoms. The minimum atomic E-state index is -0.570. The summed E-state index contributed by atoms with van der Waals surface area (Å²) in [6.07, 6.45) is 5.29. The topological polar surface area (TPSA) is 75.0 Å². The fourth-order valence-electron chi connectivity index (χ4n) is 2.63. The van der Waals surface area contributed by atoms with E-state index in [1.54, 1.807) is 42.6 Å². The molecule has 8 heteroatoms. The summed E-state index contributed by atoms with van der Waals surface area (Å²) < 4.78 is 19.4. The molecule has 0 atom stereocenters.